The summed E-state index contributed by atoms with van der Waals surface area (Å²) in [5, 5.41) is 14.1. The fourth-order valence-electron chi connectivity index (χ4n) is 1.18. The number of nitroso groups, excluding NO2 is 1. The monoisotopic (exact) mass is 364 g/mol. The van der Waals surface area contributed by atoms with Crippen LogP contribution in [0.3, 0.4) is 0 Å². The third-order valence-corrected chi connectivity index (χ3v) is 2.24. The van der Waals surface area contributed by atoms with E-state index in [-0.39, 0.29) is 5.48 Å². The van der Waals surface area contributed by atoms with Crippen LogP contribution in [0.15, 0.2) is 48.5 Å². The standard InChI is InChI=1S/C8H10.C8H8.N2O.N2.2O2.H2O/c2*1-7-3-5-8(2)6-4-7;1-2-3;3*1-2;/h3-6H,1-2H3;3-6H,1-2H2;;;;;1H2. The fraction of sp³-hybridized carbons (Fsp3) is 0.125. The normalized spacial score (nSPS) is 6.31. The number of nitrogens with zero attached hydrogens (tertiary/aromatic N) is 4. The van der Waals surface area contributed by atoms with Crippen molar-refractivity contribution in [3.8, 4) is 0 Å². The van der Waals surface area contributed by atoms with Gasteiger partial charge in [-0.2, -0.15) is 0 Å². The molecule has 0 bridgehead atoms. The molecule has 0 aromatic heterocycles. The zero-order valence-electron chi connectivity index (χ0n) is 14.4. The highest BCUT2D eigenvalue weighted by Gasteiger charge is 1.79. The molecule has 0 saturated carbocycles. The molecule has 0 saturated heterocycles. The van der Waals surface area contributed by atoms with Crippen LogP contribution in [0.2, 0.25) is 0 Å². The van der Waals surface area contributed by atoms with Crippen molar-refractivity contribution in [2.24, 2.45) is 0 Å². The van der Waals surface area contributed by atoms with E-state index in [2.05, 4.69) is 51.3 Å². The molecule has 140 valence electrons. The number of rotatable bonds is 0. The first-order chi connectivity index (χ1) is 12.0. The van der Waals surface area contributed by atoms with Crippen LogP contribution >= 0.6 is 0 Å². The average molecular weight is 364 g/mol. The summed E-state index contributed by atoms with van der Waals surface area (Å²) >= 11 is 0. The van der Waals surface area contributed by atoms with Crippen molar-refractivity contribution in [1.82, 2.24) is 4.97 Å². The lowest BCUT2D eigenvalue weighted by molar-refractivity contribution is 0.824. The number of benzene rings is 2. The minimum atomic E-state index is 0. The largest absolute Gasteiger partial charge is 0.412 e. The predicted octanol–water partition coefficient (Wildman–Crippen LogP) is 1.99. The topological polar surface area (TPSA) is 201 Å². The first-order valence-corrected chi connectivity index (χ1v) is 6.27. The molecule has 0 fully saturated rings. The molecule has 0 radical (unpaired) electrons. The van der Waals surface area contributed by atoms with Gasteiger partial charge in [-0.25, -0.2) is 0 Å². The second-order valence-corrected chi connectivity index (χ2v) is 4.05. The van der Waals surface area contributed by atoms with Crippen LogP contribution in [0.5, 0.6) is 0 Å². The molecule has 0 unspecified atom stereocenters. The summed E-state index contributed by atoms with van der Waals surface area (Å²) < 4.78 is 0. The molecule has 2 aromatic carbocycles. The van der Waals surface area contributed by atoms with Crippen molar-refractivity contribution in [1.29, 1.82) is 10.8 Å². The molecule has 2 N–H and O–H groups in total. The SMILES string of the molecule is C=c1ccc(=C)cc1.Cc1ccc(C)cc1.N#N.O.O=O.O=O.[N-]=[N+]=O. The van der Waals surface area contributed by atoms with E-state index in [1.54, 1.807) is 0 Å². The van der Waals surface area contributed by atoms with Crippen molar-refractivity contribution >= 4 is 13.2 Å². The van der Waals surface area contributed by atoms with Crippen molar-refractivity contribution < 1.29 is 5.48 Å². The average Bonchev–Trinajstić information content (AvgIpc) is 2.66. The smallest absolute Gasteiger partial charge is 0.151 e. The third kappa shape index (κ3) is 28.3. The molecule has 0 heterocycles. The predicted molar refractivity (Wildman–Crippen MR) is 102 cm³/mol. The number of hydrogen-bond donors (Lipinski definition) is 0. The van der Waals surface area contributed by atoms with Gasteiger partial charge >= 0.3 is 0 Å². The van der Waals surface area contributed by atoms with Gasteiger partial charge in [-0.15, -0.1) is 0 Å². The van der Waals surface area contributed by atoms with Gasteiger partial charge in [-0.3, -0.25) is 5.53 Å². The van der Waals surface area contributed by atoms with Crippen molar-refractivity contribution in [2.45, 2.75) is 13.8 Å². The molecule has 0 aliphatic carbocycles. The Morgan fingerprint density at radius 2 is 0.885 bits per heavy atom. The summed E-state index contributed by atoms with van der Waals surface area (Å²) in [5.74, 6) is 0. The molecule has 0 aliphatic rings. The van der Waals surface area contributed by atoms with E-state index in [1.165, 1.54) is 16.1 Å². The second-order valence-electron chi connectivity index (χ2n) is 4.05. The van der Waals surface area contributed by atoms with Gasteiger partial charge in [0.2, 0.25) is 0 Å². The molecule has 26 heavy (non-hydrogen) atoms. The van der Waals surface area contributed by atoms with E-state index >= 15 is 0 Å². The van der Waals surface area contributed by atoms with E-state index in [4.69, 9.17) is 41.1 Å². The highest BCUT2D eigenvalue weighted by molar-refractivity contribution is 5.19. The lowest BCUT2D eigenvalue weighted by Crippen LogP contribution is -2.02. The zero-order valence-corrected chi connectivity index (χ0v) is 14.4. The minimum absolute atomic E-state index is 0. The number of hydrogen-bond acceptors (Lipinski definition) is 7. The second kappa shape index (κ2) is 29.1. The van der Waals surface area contributed by atoms with Crippen LogP contribution in [-0.4, -0.2) is 5.48 Å². The first kappa shape index (κ1) is 33.6. The summed E-state index contributed by atoms with van der Waals surface area (Å²) in [7, 11) is 0. The molecule has 0 atom stereocenters. The van der Waals surface area contributed by atoms with Gasteiger partial charge in [0.25, 0.3) is 0 Å². The summed E-state index contributed by atoms with van der Waals surface area (Å²) in [6.45, 7) is 11.7. The highest BCUT2D eigenvalue weighted by Crippen LogP contribution is 1.99. The van der Waals surface area contributed by atoms with E-state index in [0.717, 1.165) is 10.4 Å². The van der Waals surface area contributed by atoms with Crippen LogP contribution in [0.4, 0.5) is 0 Å². The fourth-order valence-corrected chi connectivity index (χ4v) is 1.18. The zero-order chi connectivity index (χ0) is 20.7. The summed E-state index contributed by atoms with van der Waals surface area (Å²) in [5.41, 5.74) is 9.30. The Balaban J connectivity index is -0.0000000771. The Morgan fingerprint density at radius 1 is 0.731 bits per heavy atom. The molecular weight excluding hydrogens is 344 g/mol. The Morgan fingerprint density at radius 3 is 1.04 bits per heavy atom. The summed E-state index contributed by atoms with van der Waals surface area (Å²) in [4.78, 5) is 37.4. The van der Waals surface area contributed by atoms with Gasteiger partial charge in [-0.05, 0) is 24.3 Å². The van der Waals surface area contributed by atoms with E-state index in [9.17, 15) is 0 Å². The lowest BCUT2D eigenvalue weighted by atomic mass is 10.2. The van der Waals surface area contributed by atoms with E-state index in [0.29, 0.717) is 0 Å². The molecule has 0 amide bonds. The number of aryl methyl sites for hydroxylation is 2. The Hall–Kier alpha value is -3.93. The maximum absolute atomic E-state index is 8.11. The van der Waals surface area contributed by atoms with E-state index < -0.39 is 0 Å². The molecule has 2 aromatic rings. The van der Waals surface area contributed by atoms with Gasteiger partial charge in [-0.1, -0.05) is 72.8 Å². The van der Waals surface area contributed by atoms with Crippen LogP contribution in [0.1, 0.15) is 11.1 Å². The molecule has 2 rings (SSSR count). The van der Waals surface area contributed by atoms with Crippen molar-refractivity contribution in [3.05, 3.63) is 100 Å². The Bertz CT molecular complexity index is 625. The summed E-state index contributed by atoms with van der Waals surface area (Å²) in [6, 6.07) is 16.3. The van der Waals surface area contributed by atoms with Crippen LogP contribution in [0, 0.1) is 49.4 Å². The first-order valence-electron chi connectivity index (χ1n) is 6.27. The van der Waals surface area contributed by atoms with E-state index in [1.807, 2.05) is 24.3 Å². The van der Waals surface area contributed by atoms with Crippen LogP contribution in [0.25, 0.3) is 18.7 Å². The van der Waals surface area contributed by atoms with Crippen molar-refractivity contribution in [2.75, 3.05) is 0 Å². The minimum Gasteiger partial charge on any atom is -0.412 e. The maximum Gasteiger partial charge on any atom is 0.151 e. The van der Waals surface area contributed by atoms with Crippen molar-refractivity contribution in [3.63, 3.8) is 0 Å². The van der Waals surface area contributed by atoms with Gasteiger partial charge in [0.1, 0.15) is 4.97 Å². The van der Waals surface area contributed by atoms with Gasteiger partial charge < -0.3 is 5.48 Å². The third-order valence-electron chi connectivity index (χ3n) is 2.24. The molecule has 10 heteroatoms. The van der Waals surface area contributed by atoms with Crippen LogP contribution < -0.4 is 15.4 Å². The molecule has 10 nitrogen and oxygen atoms in total. The maximum atomic E-state index is 8.11. The quantitative estimate of drug-likeness (QED) is 0.386. The van der Waals surface area contributed by atoms with Crippen LogP contribution in [-0.2, 0) is 0 Å². The highest BCUT2D eigenvalue weighted by atomic mass is 16.7. The molecular formula is C16H20N4O6. The van der Waals surface area contributed by atoms with Gasteiger partial charge in [0.15, 0.2) is 4.91 Å². The van der Waals surface area contributed by atoms with Gasteiger partial charge in [0.05, 0.1) is 0 Å². The Kier molecular flexibility index (Phi) is 37.7. The lowest BCUT2D eigenvalue weighted by Gasteiger charge is -1.90. The summed E-state index contributed by atoms with van der Waals surface area (Å²) in [6.07, 6.45) is 0. The van der Waals surface area contributed by atoms with Gasteiger partial charge in [0, 0.05) is 30.6 Å². The molecule has 0 spiro atoms. The Labute approximate surface area is 149 Å². The molecule has 0 aliphatic heterocycles.